The molecular formula is C13H25N3O. The molecule has 4 nitrogen and oxygen atoms in total. The van der Waals surface area contributed by atoms with Crippen LogP contribution in [0.5, 0.6) is 0 Å². The van der Waals surface area contributed by atoms with Crippen molar-refractivity contribution in [2.75, 3.05) is 13.2 Å². The second kappa shape index (κ2) is 7.45. The Balaban J connectivity index is 2.19. The van der Waals surface area contributed by atoms with Gasteiger partial charge in [-0.05, 0) is 46.2 Å². The Labute approximate surface area is 104 Å². The topological polar surface area (TPSA) is 39.1 Å². The first-order valence-corrected chi connectivity index (χ1v) is 6.48. The van der Waals surface area contributed by atoms with E-state index in [1.54, 1.807) is 0 Å². The zero-order valence-electron chi connectivity index (χ0n) is 11.5. The molecule has 0 saturated heterocycles. The molecule has 0 saturated carbocycles. The SMILES string of the molecule is CCn1ncc(C)c1CNCCCOC(C)C. The molecule has 0 aliphatic rings. The van der Waals surface area contributed by atoms with Gasteiger partial charge in [0.2, 0.25) is 0 Å². The molecule has 1 N–H and O–H groups in total. The molecule has 0 spiro atoms. The van der Waals surface area contributed by atoms with E-state index in [-0.39, 0.29) is 0 Å². The van der Waals surface area contributed by atoms with Crippen LogP contribution in [0.4, 0.5) is 0 Å². The molecule has 4 heteroatoms. The van der Waals surface area contributed by atoms with Crippen LogP contribution >= 0.6 is 0 Å². The molecule has 0 atom stereocenters. The Morgan fingerprint density at radius 2 is 2.24 bits per heavy atom. The first-order valence-electron chi connectivity index (χ1n) is 6.48. The minimum Gasteiger partial charge on any atom is -0.379 e. The number of nitrogens with one attached hydrogen (secondary N) is 1. The maximum absolute atomic E-state index is 5.49. The fourth-order valence-electron chi connectivity index (χ4n) is 1.73. The number of aryl methyl sites for hydroxylation is 2. The van der Waals surface area contributed by atoms with E-state index in [4.69, 9.17) is 4.74 Å². The summed E-state index contributed by atoms with van der Waals surface area (Å²) in [4.78, 5) is 0. The molecule has 0 unspecified atom stereocenters. The summed E-state index contributed by atoms with van der Waals surface area (Å²) in [6.07, 6.45) is 3.32. The van der Waals surface area contributed by atoms with E-state index in [1.165, 1.54) is 11.3 Å². The van der Waals surface area contributed by atoms with E-state index >= 15 is 0 Å². The average Bonchev–Trinajstić information content (AvgIpc) is 2.64. The van der Waals surface area contributed by atoms with Crippen LogP contribution in [-0.2, 0) is 17.8 Å². The number of hydrogen-bond acceptors (Lipinski definition) is 3. The average molecular weight is 239 g/mol. The highest BCUT2D eigenvalue weighted by atomic mass is 16.5. The molecular weight excluding hydrogens is 214 g/mol. The molecule has 1 heterocycles. The van der Waals surface area contributed by atoms with Gasteiger partial charge in [0.15, 0.2) is 0 Å². The van der Waals surface area contributed by atoms with Crippen LogP contribution in [0, 0.1) is 6.92 Å². The third kappa shape index (κ3) is 4.88. The van der Waals surface area contributed by atoms with Crippen LogP contribution in [0.3, 0.4) is 0 Å². The maximum Gasteiger partial charge on any atom is 0.0551 e. The Kier molecular flexibility index (Phi) is 6.22. The molecule has 0 radical (unpaired) electrons. The first kappa shape index (κ1) is 14.2. The van der Waals surface area contributed by atoms with Crippen molar-refractivity contribution in [2.24, 2.45) is 0 Å². The van der Waals surface area contributed by atoms with Gasteiger partial charge in [-0.25, -0.2) is 0 Å². The number of aromatic nitrogens is 2. The van der Waals surface area contributed by atoms with E-state index in [9.17, 15) is 0 Å². The normalized spacial score (nSPS) is 11.4. The summed E-state index contributed by atoms with van der Waals surface area (Å²) in [6, 6.07) is 0. The van der Waals surface area contributed by atoms with E-state index in [2.05, 4.69) is 38.1 Å². The maximum atomic E-state index is 5.49. The summed E-state index contributed by atoms with van der Waals surface area (Å²) >= 11 is 0. The van der Waals surface area contributed by atoms with E-state index in [1.807, 2.05) is 10.9 Å². The third-order valence-corrected chi connectivity index (χ3v) is 2.70. The molecule has 98 valence electrons. The molecule has 17 heavy (non-hydrogen) atoms. The van der Waals surface area contributed by atoms with Crippen molar-refractivity contribution in [3.63, 3.8) is 0 Å². The molecule has 0 amide bonds. The van der Waals surface area contributed by atoms with Gasteiger partial charge >= 0.3 is 0 Å². The van der Waals surface area contributed by atoms with Crippen LogP contribution in [-0.4, -0.2) is 29.0 Å². The molecule has 0 fully saturated rings. The van der Waals surface area contributed by atoms with Crippen molar-refractivity contribution in [3.8, 4) is 0 Å². The van der Waals surface area contributed by atoms with Gasteiger partial charge in [0.05, 0.1) is 18.0 Å². The summed E-state index contributed by atoms with van der Waals surface area (Å²) in [6.45, 7) is 12.0. The number of ether oxygens (including phenoxy) is 1. The molecule has 1 aromatic rings. The summed E-state index contributed by atoms with van der Waals surface area (Å²) in [5.74, 6) is 0. The van der Waals surface area contributed by atoms with Crippen LogP contribution < -0.4 is 5.32 Å². The van der Waals surface area contributed by atoms with Gasteiger partial charge in [-0.2, -0.15) is 5.10 Å². The van der Waals surface area contributed by atoms with Crippen LogP contribution in [0.15, 0.2) is 6.20 Å². The zero-order valence-corrected chi connectivity index (χ0v) is 11.5. The summed E-state index contributed by atoms with van der Waals surface area (Å²) < 4.78 is 7.54. The van der Waals surface area contributed by atoms with Crippen molar-refractivity contribution >= 4 is 0 Å². The largest absolute Gasteiger partial charge is 0.379 e. The Hall–Kier alpha value is -0.870. The Bertz CT molecular complexity index is 320. The van der Waals surface area contributed by atoms with E-state index < -0.39 is 0 Å². The predicted molar refractivity (Wildman–Crippen MR) is 70.0 cm³/mol. The summed E-state index contributed by atoms with van der Waals surface area (Å²) in [5, 5.41) is 7.76. The second-order valence-corrected chi connectivity index (χ2v) is 4.54. The highest BCUT2D eigenvalue weighted by molar-refractivity contribution is 5.15. The summed E-state index contributed by atoms with van der Waals surface area (Å²) in [7, 11) is 0. The molecule has 0 bridgehead atoms. The lowest BCUT2D eigenvalue weighted by Gasteiger charge is -2.09. The lowest BCUT2D eigenvalue weighted by Crippen LogP contribution is -2.20. The zero-order chi connectivity index (χ0) is 12.7. The minimum atomic E-state index is 0.332. The molecule has 1 rings (SSSR count). The van der Waals surface area contributed by atoms with Crippen molar-refractivity contribution in [1.29, 1.82) is 0 Å². The van der Waals surface area contributed by atoms with Crippen LogP contribution in [0.2, 0.25) is 0 Å². The molecule has 1 aromatic heterocycles. The quantitative estimate of drug-likeness (QED) is 0.706. The Morgan fingerprint density at radius 1 is 1.47 bits per heavy atom. The van der Waals surface area contributed by atoms with E-state index in [0.717, 1.165) is 32.7 Å². The summed E-state index contributed by atoms with van der Waals surface area (Å²) in [5.41, 5.74) is 2.55. The predicted octanol–water partition coefficient (Wildman–Crippen LogP) is 2.12. The van der Waals surface area contributed by atoms with Crippen molar-refractivity contribution in [3.05, 3.63) is 17.5 Å². The van der Waals surface area contributed by atoms with Crippen LogP contribution in [0.25, 0.3) is 0 Å². The highest BCUT2D eigenvalue weighted by Gasteiger charge is 2.04. The number of nitrogens with zero attached hydrogens (tertiary/aromatic N) is 2. The standard InChI is InChI=1S/C13H25N3O/c1-5-16-13(12(4)9-15-16)10-14-7-6-8-17-11(2)3/h9,11,14H,5-8,10H2,1-4H3. The smallest absolute Gasteiger partial charge is 0.0551 e. The van der Waals surface area contributed by atoms with Gasteiger partial charge in [0.25, 0.3) is 0 Å². The monoisotopic (exact) mass is 239 g/mol. The Morgan fingerprint density at radius 3 is 2.88 bits per heavy atom. The fraction of sp³-hybridized carbons (Fsp3) is 0.769. The van der Waals surface area contributed by atoms with Crippen LogP contribution in [0.1, 0.15) is 38.4 Å². The van der Waals surface area contributed by atoms with Crippen molar-refractivity contribution in [1.82, 2.24) is 15.1 Å². The molecule has 0 aliphatic heterocycles. The lowest BCUT2D eigenvalue weighted by molar-refractivity contribution is 0.0770. The number of hydrogen-bond donors (Lipinski definition) is 1. The van der Waals surface area contributed by atoms with E-state index in [0.29, 0.717) is 6.10 Å². The van der Waals surface area contributed by atoms with Gasteiger partial charge < -0.3 is 10.1 Å². The number of rotatable bonds is 8. The molecule has 0 aliphatic carbocycles. The minimum absolute atomic E-state index is 0.332. The fourth-order valence-corrected chi connectivity index (χ4v) is 1.73. The van der Waals surface area contributed by atoms with Gasteiger partial charge in [0.1, 0.15) is 0 Å². The lowest BCUT2D eigenvalue weighted by atomic mass is 10.2. The second-order valence-electron chi connectivity index (χ2n) is 4.54. The van der Waals surface area contributed by atoms with Crippen molar-refractivity contribution in [2.45, 2.75) is 53.3 Å². The van der Waals surface area contributed by atoms with Gasteiger partial charge in [-0.15, -0.1) is 0 Å². The van der Waals surface area contributed by atoms with Gasteiger partial charge in [-0.1, -0.05) is 0 Å². The third-order valence-electron chi connectivity index (χ3n) is 2.70. The van der Waals surface area contributed by atoms with Crippen molar-refractivity contribution < 1.29 is 4.74 Å². The first-order chi connectivity index (χ1) is 8.15. The highest BCUT2D eigenvalue weighted by Crippen LogP contribution is 2.06. The van der Waals surface area contributed by atoms with Gasteiger partial charge in [0, 0.05) is 19.7 Å². The van der Waals surface area contributed by atoms with Gasteiger partial charge in [-0.3, -0.25) is 4.68 Å². The molecule has 0 aromatic carbocycles.